The van der Waals surface area contributed by atoms with Gasteiger partial charge in [-0.25, -0.2) is 0 Å². The molecule has 1 aliphatic heterocycles. The number of hydrogen-bond acceptors (Lipinski definition) is 3. The van der Waals surface area contributed by atoms with Gasteiger partial charge in [-0.15, -0.1) is 0 Å². The van der Waals surface area contributed by atoms with Crippen molar-refractivity contribution < 1.29 is 9.47 Å². The van der Waals surface area contributed by atoms with Gasteiger partial charge in [-0.05, 0) is 54.4 Å². The average molecular weight is 431 g/mol. The molecule has 4 nitrogen and oxygen atoms in total. The Morgan fingerprint density at radius 3 is 2.59 bits per heavy atom. The highest BCUT2D eigenvalue weighted by Crippen LogP contribution is 2.37. The Balaban J connectivity index is 1.77. The largest absolute Gasteiger partial charge is 0.497 e. The number of nitrogens with zero attached hydrogens (tertiary/aromatic N) is 2. The van der Waals surface area contributed by atoms with Crippen LogP contribution >= 0.6 is 23.2 Å². The summed E-state index contributed by atoms with van der Waals surface area (Å²) < 4.78 is 13.4. The van der Waals surface area contributed by atoms with Crippen LogP contribution in [0.3, 0.4) is 0 Å². The third-order valence-electron chi connectivity index (χ3n) is 5.47. The Morgan fingerprint density at radius 2 is 1.83 bits per heavy atom. The van der Waals surface area contributed by atoms with E-state index in [1.54, 1.807) is 14.2 Å². The number of hydrogen-bond donors (Lipinski definition) is 0. The van der Waals surface area contributed by atoms with Crippen molar-refractivity contribution in [2.75, 3.05) is 20.8 Å². The van der Waals surface area contributed by atoms with E-state index < -0.39 is 0 Å². The molecule has 0 amide bonds. The molecule has 29 heavy (non-hydrogen) atoms. The van der Waals surface area contributed by atoms with Crippen LogP contribution in [0.4, 0.5) is 0 Å². The highest BCUT2D eigenvalue weighted by atomic mass is 35.5. The van der Waals surface area contributed by atoms with Gasteiger partial charge in [0.15, 0.2) is 0 Å². The molecule has 0 N–H and O–H groups in total. The average Bonchev–Trinajstić information content (AvgIpc) is 3.11. The molecule has 3 aromatic rings. The number of aromatic nitrogens is 1. The summed E-state index contributed by atoms with van der Waals surface area (Å²) in [6.07, 6.45) is 3.21. The Hall–Kier alpha value is -2.14. The molecule has 0 radical (unpaired) electrons. The molecule has 0 unspecified atom stereocenters. The molecule has 152 valence electrons. The first kappa shape index (κ1) is 20.1. The van der Waals surface area contributed by atoms with Gasteiger partial charge in [-0.3, -0.25) is 4.90 Å². The second-order valence-electron chi connectivity index (χ2n) is 7.20. The topological polar surface area (TPSA) is 26.6 Å². The number of aryl methyl sites for hydroxylation is 1. The zero-order chi connectivity index (χ0) is 20.4. The van der Waals surface area contributed by atoms with Crippen LogP contribution in [0.25, 0.3) is 0 Å². The molecule has 0 saturated carbocycles. The Bertz CT molecular complexity index is 1000. The maximum atomic E-state index is 6.38. The van der Waals surface area contributed by atoms with Crippen LogP contribution < -0.4 is 9.47 Å². The van der Waals surface area contributed by atoms with E-state index in [0.29, 0.717) is 10.0 Å². The molecule has 2 heterocycles. The van der Waals surface area contributed by atoms with E-state index in [1.807, 2.05) is 24.3 Å². The summed E-state index contributed by atoms with van der Waals surface area (Å²) in [6, 6.07) is 16.2. The molecular formula is C23H24Cl2N2O2. The van der Waals surface area contributed by atoms with Crippen LogP contribution in [0, 0.1) is 0 Å². The monoisotopic (exact) mass is 430 g/mol. The minimum atomic E-state index is 0.0678. The SMILES string of the molecule is COc1ccc(OC)c(CN2CCCn3cccc3[C@H]2c2ccc(Cl)c(Cl)c2)c1. The van der Waals surface area contributed by atoms with Crippen molar-refractivity contribution in [1.29, 1.82) is 0 Å². The molecule has 0 aliphatic carbocycles. The fraction of sp³-hybridized carbons (Fsp3) is 0.304. The van der Waals surface area contributed by atoms with Crippen molar-refractivity contribution in [2.45, 2.75) is 25.6 Å². The quantitative estimate of drug-likeness (QED) is 0.510. The molecule has 0 bridgehead atoms. The van der Waals surface area contributed by atoms with Crippen molar-refractivity contribution in [1.82, 2.24) is 9.47 Å². The molecule has 6 heteroatoms. The lowest BCUT2D eigenvalue weighted by Crippen LogP contribution is -2.29. The maximum Gasteiger partial charge on any atom is 0.123 e. The summed E-state index contributed by atoms with van der Waals surface area (Å²) in [5, 5.41) is 1.14. The fourth-order valence-corrected chi connectivity index (χ4v) is 4.40. The van der Waals surface area contributed by atoms with Gasteiger partial charge in [0, 0.05) is 37.1 Å². The van der Waals surface area contributed by atoms with Gasteiger partial charge in [0.25, 0.3) is 0 Å². The number of methoxy groups -OCH3 is 2. The molecule has 0 fully saturated rings. The fourth-order valence-electron chi connectivity index (χ4n) is 4.10. The third-order valence-corrected chi connectivity index (χ3v) is 6.21. The van der Waals surface area contributed by atoms with Gasteiger partial charge < -0.3 is 14.0 Å². The summed E-state index contributed by atoms with van der Waals surface area (Å²) in [5.74, 6) is 1.68. The normalized spacial score (nSPS) is 16.9. The van der Waals surface area contributed by atoms with Gasteiger partial charge >= 0.3 is 0 Å². The van der Waals surface area contributed by atoms with E-state index in [9.17, 15) is 0 Å². The summed E-state index contributed by atoms with van der Waals surface area (Å²) in [7, 11) is 3.39. The zero-order valence-corrected chi connectivity index (χ0v) is 18.1. The summed E-state index contributed by atoms with van der Waals surface area (Å²) in [5.41, 5.74) is 3.47. The first-order chi connectivity index (χ1) is 14.1. The van der Waals surface area contributed by atoms with E-state index >= 15 is 0 Å². The van der Waals surface area contributed by atoms with Crippen molar-refractivity contribution in [3.8, 4) is 11.5 Å². The summed E-state index contributed by atoms with van der Waals surface area (Å²) in [4.78, 5) is 2.47. The van der Waals surface area contributed by atoms with Crippen molar-refractivity contribution in [2.24, 2.45) is 0 Å². The first-order valence-corrected chi connectivity index (χ1v) is 10.4. The minimum Gasteiger partial charge on any atom is -0.497 e. The third kappa shape index (κ3) is 4.11. The van der Waals surface area contributed by atoms with Crippen LogP contribution in [-0.4, -0.2) is 30.2 Å². The molecule has 0 spiro atoms. The second kappa shape index (κ2) is 8.70. The van der Waals surface area contributed by atoms with Crippen LogP contribution in [-0.2, 0) is 13.1 Å². The smallest absolute Gasteiger partial charge is 0.123 e. The van der Waals surface area contributed by atoms with Gasteiger partial charge in [0.1, 0.15) is 11.5 Å². The van der Waals surface area contributed by atoms with E-state index in [-0.39, 0.29) is 6.04 Å². The highest BCUT2D eigenvalue weighted by molar-refractivity contribution is 6.42. The zero-order valence-electron chi connectivity index (χ0n) is 16.6. The molecule has 1 aliphatic rings. The first-order valence-electron chi connectivity index (χ1n) is 9.65. The summed E-state index contributed by atoms with van der Waals surface area (Å²) in [6.45, 7) is 2.68. The second-order valence-corrected chi connectivity index (χ2v) is 8.02. The van der Waals surface area contributed by atoms with Crippen molar-refractivity contribution in [3.63, 3.8) is 0 Å². The number of benzene rings is 2. The van der Waals surface area contributed by atoms with Crippen LogP contribution in [0.2, 0.25) is 10.0 Å². The minimum absolute atomic E-state index is 0.0678. The highest BCUT2D eigenvalue weighted by Gasteiger charge is 2.28. The molecular weight excluding hydrogens is 407 g/mol. The predicted octanol–water partition coefficient (Wildman–Crippen LogP) is 5.81. The van der Waals surface area contributed by atoms with E-state index in [1.165, 1.54) is 5.69 Å². The van der Waals surface area contributed by atoms with Gasteiger partial charge in [0.2, 0.25) is 0 Å². The number of ether oxygens (including phenoxy) is 2. The number of fused-ring (bicyclic) bond motifs is 1. The number of halogens is 2. The molecule has 2 aromatic carbocycles. The van der Waals surface area contributed by atoms with Crippen LogP contribution in [0.5, 0.6) is 11.5 Å². The Morgan fingerprint density at radius 1 is 0.966 bits per heavy atom. The van der Waals surface area contributed by atoms with Crippen LogP contribution in [0.15, 0.2) is 54.7 Å². The van der Waals surface area contributed by atoms with Gasteiger partial charge in [-0.1, -0.05) is 29.3 Å². The van der Waals surface area contributed by atoms with Gasteiger partial charge in [0.05, 0.1) is 30.3 Å². The molecule has 1 aromatic heterocycles. The Labute approximate surface area is 181 Å². The predicted molar refractivity (Wildman–Crippen MR) is 117 cm³/mol. The van der Waals surface area contributed by atoms with E-state index in [2.05, 4.69) is 39.9 Å². The molecule has 4 rings (SSSR count). The lowest BCUT2D eigenvalue weighted by Gasteiger charge is -2.31. The maximum absolute atomic E-state index is 6.38. The van der Waals surface area contributed by atoms with Crippen molar-refractivity contribution >= 4 is 23.2 Å². The van der Waals surface area contributed by atoms with Gasteiger partial charge in [-0.2, -0.15) is 0 Å². The van der Waals surface area contributed by atoms with E-state index in [4.69, 9.17) is 32.7 Å². The number of rotatable bonds is 5. The Kier molecular flexibility index (Phi) is 6.04. The standard InChI is InChI=1S/C23H24Cl2N2O2/c1-28-18-7-9-22(29-2)17(13-18)15-27-12-4-11-26-10-3-5-21(26)23(27)16-6-8-19(24)20(25)14-16/h3,5-10,13-14,23H,4,11-12,15H2,1-2H3/t23-/m1/s1. The van der Waals surface area contributed by atoms with E-state index in [0.717, 1.165) is 48.7 Å². The van der Waals surface area contributed by atoms with Crippen LogP contribution in [0.1, 0.15) is 29.3 Å². The molecule has 0 saturated heterocycles. The lowest BCUT2D eigenvalue weighted by molar-refractivity contribution is 0.217. The summed E-state index contributed by atoms with van der Waals surface area (Å²) >= 11 is 12.6. The molecule has 1 atom stereocenters. The van der Waals surface area contributed by atoms with Crippen molar-refractivity contribution in [3.05, 3.63) is 81.6 Å². The lowest BCUT2D eigenvalue weighted by atomic mass is 10.0.